The summed E-state index contributed by atoms with van der Waals surface area (Å²) in [6, 6.07) is 13.8. The van der Waals surface area contributed by atoms with Gasteiger partial charge in [0.1, 0.15) is 12.4 Å². The zero-order valence-corrected chi connectivity index (χ0v) is 16.3. The Bertz CT molecular complexity index is 689. The van der Waals surface area contributed by atoms with Gasteiger partial charge in [0.25, 0.3) is 0 Å². The van der Waals surface area contributed by atoms with Crippen molar-refractivity contribution in [2.75, 3.05) is 18.9 Å². The molecular weight excluding hydrogens is 354 g/mol. The molecule has 5 heteroatoms. The van der Waals surface area contributed by atoms with Crippen LogP contribution in [0.4, 0.5) is 0 Å². The van der Waals surface area contributed by atoms with E-state index >= 15 is 0 Å². The Balaban J connectivity index is 1.56. The Morgan fingerprint density at radius 1 is 1.16 bits per heavy atom. The van der Waals surface area contributed by atoms with Crippen molar-refractivity contribution in [2.24, 2.45) is 0 Å². The number of aryl methyl sites for hydroxylation is 1. The lowest BCUT2D eigenvalue weighted by molar-refractivity contribution is -0.121. The van der Waals surface area contributed by atoms with E-state index in [1.165, 1.54) is 10.5 Å². The van der Waals surface area contributed by atoms with E-state index in [4.69, 9.17) is 16.3 Å². The van der Waals surface area contributed by atoms with Crippen molar-refractivity contribution in [1.82, 2.24) is 5.32 Å². The van der Waals surface area contributed by atoms with Crippen molar-refractivity contribution in [1.29, 1.82) is 0 Å². The minimum absolute atomic E-state index is 0.0706. The molecule has 0 aliphatic rings. The average molecular weight is 378 g/mol. The number of nitrogens with one attached hydrogen (secondary N) is 1. The SMILES string of the molecule is Cc1cccc(OCCNC(=O)CCCSc2ccc(Cl)cc2)c1C. The maximum Gasteiger partial charge on any atom is 0.220 e. The summed E-state index contributed by atoms with van der Waals surface area (Å²) in [6.45, 7) is 5.11. The molecule has 2 aromatic rings. The van der Waals surface area contributed by atoms with E-state index in [0.29, 0.717) is 19.6 Å². The molecule has 0 saturated carbocycles. The van der Waals surface area contributed by atoms with Crippen molar-refractivity contribution >= 4 is 29.3 Å². The van der Waals surface area contributed by atoms with Crippen molar-refractivity contribution in [3.8, 4) is 5.75 Å². The minimum Gasteiger partial charge on any atom is -0.491 e. The topological polar surface area (TPSA) is 38.3 Å². The normalized spacial score (nSPS) is 10.5. The van der Waals surface area contributed by atoms with E-state index in [-0.39, 0.29) is 5.91 Å². The summed E-state index contributed by atoms with van der Waals surface area (Å²) in [5.74, 6) is 1.86. The number of carbonyl (C=O) groups is 1. The summed E-state index contributed by atoms with van der Waals surface area (Å²) in [6.07, 6.45) is 1.38. The predicted octanol–water partition coefficient (Wildman–Crippen LogP) is 5.02. The lowest BCUT2D eigenvalue weighted by Crippen LogP contribution is -2.28. The molecule has 25 heavy (non-hydrogen) atoms. The Morgan fingerprint density at radius 2 is 1.92 bits per heavy atom. The fourth-order valence-corrected chi connectivity index (χ4v) is 3.25. The average Bonchev–Trinajstić information content (AvgIpc) is 2.60. The van der Waals surface area contributed by atoms with Crippen LogP contribution in [0.25, 0.3) is 0 Å². The van der Waals surface area contributed by atoms with Crippen molar-refractivity contribution < 1.29 is 9.53 Å². The number of halogens is 1. The molecule has 1 N–H and O–H groups in total. The lowest BCUT2D eigenvalue weighted by atomic mass is 10.1. The second-order valence-electron chi connectivity index (χ2n) is 5.80. The van der Waals surface area contributed by atoms with Crippen molar-refractivity contribution in [2.45, 2.75) is 31.6 Å². The molecule has 0 unspecified atom stereocenters. The Kier molecular flexibility index (Phi) is 8.16. The quantitative estimate of drug-likeness (QED) is 0.492. The number of benzene rings is 2. The molecule has 0 heterocycles. The number of hydrogen-bond donors (Lipinski definition) is 1. The first-order chi connectivity index (χ1) is 12.1. The zero-order chi connectivity index (χ0) is 18.1. The third-order valence-electron chi connectivity index (χ3n) is 3.87. The largest absolute Gasteiger partial charge is 0.491 e. The molecule has 0 spiro atoms. The van der Waals surface area contributed by atoms with Crippen LogP contribution in [-0.2, 0) is 4.79 Å². The lowest BCUT2D eigenvalue weighted by Gasteiger charge is -2.11. The summed E-state index contributed by atoms with van der Waals surface area (Å²) in [5, 5.41) is 3.64. The van der Waals surface area contributed by atoms with Gasteiger partial charge in [-0.25, -0.2) is 0 Å². The molecule has 2 aromatic carbocycles. The fraction of sp³-hybridized carbons (Fsp3) is 0.350. The number of thioether (sulfide) groups is 1. The molecule has 0 fully saturated rings. The van der Waals surface area contributed by atoms with Gasteiger partial charge in [-0.05, 0) is 67.5 Å². The summed E-state index contributed by atoms with van der Waals surface area (Å²) in [5.41, 5.74) is 2.35. The Morgan fingerprint density at radius 3 is 2.68 bits per heavy atom. The molecule has 0 bridgehead atoms. The maximum absolute atomic E-state index is 11.8. The van der Waals surface area contributed by atoms with Gasteiger partial charge in [0.05, 0.1) is 6.54 Å². The van der Waals surface area contributed by atoms with Crippen LogP contribution in [0.15, 0.2) is 47.4 Å². The highest BCUT2D eigenvalue weighted by atomic mass is 35.5. The number of rotatable bonds is 9. The van der Waals surface area contributed by atoms with Gasteiger partial charge in [0.15, 0.2) is 0 Å². The molecule has 0 radical (unpaired) electrons. The molecule has 134 valence electrons. The molecule has 0 aliphatic carbocycles. The Labute approximate surface area is 159 Å². The van der Waals surface area contributed by atoms with Crippen LogP contribution < -0.4 is 10.1 Å². The molecule has 0 saturated heterocycles. The van der Waals surface area contributed by atoms with Crippen LogP contribution in [-0.4, -0.2) is 24.8 Å². The summed E-state index contributed by atoms with van der Waals surface area (Å²) in [7, 11) is 0. The van der Waals surface area contributed by atoms with Crippen LogP contribution in [0.5, 0.6) is 5.75 Å². The zero-order valence-electron chi connectivity index (χ0n) is 14.7. The summed E-state index contributed by atoms with van der Waals surface area (Å²) >= 11 is 7.59. The summed E-state index contributed by atoms with van der Waals surface area (Å²) in [4.78, 5) is 13.0. The number of hydrogen-bond acceptors (Lipinski definition) is 3. The second-order valence-corrected chi connectivity index (χ2v) is 7.41. The van der Waals surface area contributed by atoms with E-state index in [1.54, 1.807) is 11.8 Å². The minimum atomic E-state index is 0.0706. The van der Waals surface area contributed by atoms with Gasteiger partial charge in [-0.2, -0.15) is 0 Å². The van der Waals surface area contributed by atoms with Crippen molar-refractivity contribution in [3.05, 3.63) is 58.6 Å². The molecular formula is C20H24ClNO2S. The Hall–Kier alpha value is -1.65. The highest BCUT2D eigenvalue weighted by Crippen LogP contribution is 2.21. The van der Waals surface area contributed by atoms with Crippen LogP contribution >= 0.6 is 23.4 Å². The molecule has 0 aromatic heterocycles. The fourth-order valence-electron chi connectivity index (χ4n) is 2.27. The first-order valence-electron chi connectivity index (χ1n) is 8.40. The van der Waals surface area contributed by atoms with E-state index in [9.17, 15) is 4.79 Å². The molecule has 1 amide bonds. The first kappa shape index (κ1) is 19.7. The van der Waals surface area contributed by atoms with Gasteiger partial charge < -0.3 is 10.1 Å². The van der Waals surface area contributed by atoms with Crippen LogP contribution in [0, 0.1) is 13.8 Å². The van der Waals surface area contributed by atoms with Gasteiger partial charge in [-0.3, -0.25) is 4.79 Å². The second kappa shape index (κ2) is 10.4. The third kappa shape index (κ3) is 7.00. The van der Waals surface area contributed by atoms with Crippen LogP contribution in [0.2, 0.25) is 5.02 Å². The number of carbonyl (C=O) groups excluding carboxylic acids is 1. The number of amides is 1. The van der Waals surface area contributed by atoms with Gasteiger partial charge >= 0.3 is 0 Å². The van der Waals surface area contributed by atoms with Gasteiger partial charge in [-0.15, -0.1) is 11.8 Å². The third-order valence-corrected chi connectivity index (χ3v) is 5.22. The smallest absolute Gasteiger partial charge is 0.220 e. The maximum atomic E-state index is 11.8. The molecule has 0 atom stereocenters. The van der Waals surface area contributed by atoms with Gasteiger partial charge in [-0.1, -0.05) is 23.7 Å². The van der Waals surface area contributed by atoms with E-state index in [2.05, 4.69) is 18.3 Å². The van der Waals surface area contributed by atoms with E-state index < -0.39 is 0 Å². The van der Waals surface area contributed by atoms with Gasteiger partial charge in [0.2, 0.25) is 5.91 Å². The molecule has 3 nitrogen and oxygen atoms in total. The van der Waals surface area contributed by atoms with E-state index in [1.807, 2.05) is 43.3 Å². The highest BCUT2D eigenvalue weighted by Gasteiger charge is 2.04. The van der Waals surface area contributed by atoms with Crippen LogP contribution in [0.1, 0.15) is 24.0 Å². The monoisotopic (exact) mass is 377 g/mol. The van der Waals surface area contributed by atoms with Crippen LogP contribution in [0.3, 0.4) is 0 Å². The van der Waals surface area contributed by atoms with Crippen molar-refractivity contribution in [3.63, 3.8) is 0 Å². The standard InChI is InChI=1S/C20H24ClNO2S/c1-15-5-3-6-19(16(15)2)24-13-12-22-20(23)7-4-14-25-18-10-8-17(21)9-11-18/h3,5-6,8-11H,4,7,12-14H2,1-2H3,(H,22,23). The first-order valence-corrected chi connectivity index (χ1v) is 9.76. The summed E-state index contributed by atoms with van der Waals surface area (Å²) < 4.78 is 5.73. The molecule has 2 rings (SSSR count). The van der Waals surface area contributed by atoms with E-state index in [0.717, 1.165) is 28.5 Å². The number of ether oxygens (including phenoxy) is 1. The highest BCUT2D eigenvalue weighted by molar-refractivity contribution is 7.99. The predicted molar refractivity (Wildman–Crippen MR) is 106 cm³/mol. The van der Waals surface area contributed by atoms with Gasteiger partial charge in [0, 0.05) is 16.3 Å². The molecule has 0 aliphatic heterocycles.